The van der Waals surface area contributed by atoms with Gasteiger partial charge >= 0.3 is 11.9 Å². The van der Waals surface area contributed by atoms with Crippen molar-refractivity contribution in [1.82, 2.24) is 34.1 Å². The zero-order chi connectivity index (χ0) is 22.3. The number of rotatable bonds is 5. The Morgan fingerprint density at radius 1 is 1.10 bits per heavy atom. The Hall–Kier alpha value is -3.70. The van der Waals surface area contributed by atoms with Crippen LogP contribution in [0.3, 0.4) is 0 Å². The van der Waals surface area contributed by atoms with Crippen LogP contribution in [0.25, 0.3) is 22.7 Å². The van der Waals surface area contributed by atoms with Crippen molar-refractivity contribution in [2.75, 3.05) is 0 Å². The summed E-state index contributed by atoms with van der Waals surface area (Å²) in [6.45, 7) is 4.08. The van der Waals surface area contributed by atoms with Crippen molar-refractivity contribution in [2.45, 2.75) is 39.7 Å². The Kier molecular flexibility index (Phi) is 4.99. The van der Waals surface area contributed by atoms with Crippen molar-refractivity contribution >= 4 is 11.2 Å². The lowest BCUT2D eigenvalue weighted by Crippen LogP contribution is -2.39. The smallest absolute Gasteiger partial charge is 0.331 e. The zero-order valence-corrected chi connectivity index (χ0v) is 16.6. The van der Waals surface area contributed by atoms with Gasteiger partial charge in [0.1, 0.15) is 11.2 Å². The van der Waals surface area contributed by atoms with Crippen LogP contribution in [0.15, 0.2) is 40.1 Å². The number of nitrogens with zero attached hydrogens (tertiary/aromatic N) is 6. The van der Waals surface area contributed by atoms with Crippen LogP contribution in [0, 0.1) is 0 Å². The van der Waals surface area contributed by atoms with Crippen LogP contribution in [-0.4, -0.2) is 34.1 Å². The number of aryl methyl sites for hydroxylation is 1. The molecule has 0 spiro atoms. The summed E-state index contributed by atoms with van der Waals surface area (Å²) in [7, 11) is 0. The van der Waals surface area contributed by atoms with Gasteiger partial charge in [0.05, 0.1) is 18.3 Å². The summed E-state index contributed by atoms with van der Waals surface area (Å²) in [6.07, 6.45) is -2.93. The lowest BCUT2D eigenvalue weighted by molar-refractivity contribution is -0.137. The fraction of sp³-hybridized carbons (Fsp3) is 0.316. The summed E-state index contributed by atoms with van der Waals surface area (Å²) in [5.41, 5.74) is -0.596. The van der Waals surface area contributed by atoms with Gasteiger partial charge in [0.2, 0.25) is 0 Å². The average Bonchev–Trinajstić information content (AvgIpc) is 3.36. The highest BCUT2D eigenvalue weighted by atomic mass is 19.4. The Morgan fingerprint density at radius 2 is 1.84 bits per heavy atom. The maximum Gasteiger partial charge on any atom is 0.416 e. The lowest BCUT2D eigenvalue weighted by Gasteiger charge is -2.08. The first-order valence-electron chi connectivity index (χ1n) is 9.53. The predicted molar refractivity (Wildman–Crippen MR) is 106 cm³/mol. The van der Waals surface area contributed by atoms with Crippen molar-refractivity contribution < 1.29 is 13.2 Å². The van der Waals surface area contributed by atoms with Gasteiger partial charge in [-0.25, -0.2) is 14.5 Å². The molecule has 9 nitrogen and oxygen atoms in total. The third-order valence-electron chi connectivity index (χ3n) is 4.87. The number of aromatic amines is 1. The zero-order valence-electron chi connectivity index (χ0n) is 16.6. The van der Waals surface area contributed by atoms with Crippen LogP contribution < -0.4 is 11.2 Å². The van der Waals surface area contributed by atoms with Gasteiger partial charge in [-0.3, -0.25) is 13.9 Å². The van der Waals surface area contributed by atoms with E-state index in [0.717, 1.165) is 16.7 Å². The SMILES string of the molecule is CCn1c(=O)c2[nH]c(-c3cn(Cc4cccc(C(F)(F)F)c4)nn3)nc2n(CC)c1=O. The molecule has 0 bridgehead atoms. The number of aromatic nitrogens is 7. The van der Waals surface area contributed by atoms with Gasteiger partial charge in [0.15, 0.2) is 11.5 Å². The Labute approximate surface area is 172 Å². The number of hydrogen-bond acceptors (Lipinski definition) is 5. The first kappa shape index (κ1) is 20.6. The van der Waals surface area contributed by atoms with Gasteiger partial charge in [-0.2, -0.15) is 13.2 Å². The van der Waals surface area contributed by atoms with E-state index in [9.17, 15) is 22.8 Å². The second-order valence-electron chi connectivity index (χ2n) is 6.86. The van der Waals surface area contributed by atoms with Gasteiger partial charge in [-0.05, 0) is 31.5 Å². The molecule has 0 aliphatic carbocycles. The van der Waals surface area contributed by atoms with Crippen molar-refractivity contribution in [3.05, 3.63) is 62.4 Å². The second kappa shape index (κ2) is 7.52. The van der Waals surface area contributed by atoms with Crippen LogP contribution in [0.4, 0.5) is 13.2 Å². The van der Waals surface area contributed by atoms with Crippen LogP contribution in [0.1, 0.15) is 25.0 Å². The van der Waals surface area contributed by atoms with Gasteiger partial charge in [-0.1, -0.05) is 17.3 Å². The monoisotopic (exact) mass is 433 g/mol. The van der Waals surface area contributed by atoms with Crippen LogP contribution in [0.5, 0.6) is 0 Å². The number of halogens is 3. The lowest BCUT2D eigenvalue weighted by atomic mass is 10.1. The molecule has 0 radical (unpaired) electrons. The Balaban J connectivity index is 1.71. The number of nitrogens with one attached hydrogen (secondary N) is 1. The molecule has 1 N–H and O–H groups in total. The topological polar surface area (TPSA) is 103 Å². The Bertz CT molecular complexity index is 1380. The summed E-state index contributed by atoms with van der Waals surface area (Å²) in [5.74, 6) is 0.234. The van der Waals surface area contributed by atoms with Gasteiger partial charge in [0, 0.05) is 13.1 Å². The largest absolute Gasteiger partial charge is 0.416 e. The summed E-state index contributed by atoms with van der Waals surface area (Å²) in [4.78, 5) is 32.3. The molecule has 0 saturated carbocycles. The molecular weight excluding hydrogens is 415 g/mol. The first-order valence-corrected chi connectivity index (χ1v) is 9.53. The normalized spacial score (nSPS) is 12.0. The molecule has 3 heterocycles. The first-order chi connectivity index (χ1) is 14.7. The van der Waals surface area contributed by atoms with E-state index >= 15 is 0 Å². The molecule has 3 aromatic heterocycles. The van der Waals surface area contributed by atoms with Crippen molar-refractivity contribution in [2.24, 2.45) is 0 Å². The van der Waals surface area contributed by atoms with Gasteiger partial charge in [0.25, 0.3) is 5.56 Å². The van der Waals surface area contributed by atoms with Crippen molar-refractivity contribution in [1.29, 1.82) is 0 Å². The third kappa shape index (κ3) is 3.64. The molecule has 4 rings (SSSR count). The molecule has 0 amide bonds. The second-order valence-corrected chi connectivity index (χ2v) is 6.86. The van der Waals surface area contributed by atoms with E-state index in [2.05, 4.69) is 20.3 Å². The highest BCUT2D eigenvalue weighted by Crippen LogP contribution is 2.29. The molecule has 162 valence electrons. The van der Waals surface area contributed by atoms with Gasteiger partial charge in [-0.15, -0.1) is 5.10 Å². The number of fused-ring (bicyclic) bond motifs is 1. The third-order valence-corrected chi connectivity index (χ3v) is 4.87. The van der Waals surface area contributed by atoms with E-state index in [0.29, 0.717) is 17.8 Å². The molecule has 0 fully saturated rings. The molecule has 0 unspecified atom stereocenters. The fourth-order valence-corrected chi connectivity index (χ4v) is 3.37. The van der Waals surface area contributed by atoms with E-state index in [4.69, 9.17) is 0 Å². The highest BCUT2D eigenvalue weighted by molar-refractivity contribution is 5.74. The molecule has 12 heteroatoms. The average molecular weight is 433 g/mol. The predicted octanol–water partition coefficient (Wildman–Crippen LogP) is 2.25. The quantitative estimate of drug-likeness (QED) is 0.520. The molecule has 0 saturated heterocycles. The van der Waals surface area contributed by atoms with Crippen molar-refractivity contribution in [3.63, 3.8) is 0 Å². The number of imidazole rings is 1. The molecule has 0 aliphatic rings. The van der Waals surface area contributed by atoms with E-state index in [1.165, 1.54) is 21.5 Å². The Morgan fingerprint density at radius 3 is 2.52 bits per heavy atom. The minimum absolute atomic E-state index is 0.0689. The molecular formula is C19H18F3N7O2. The number of benzene rings is 1. The number of alkyl halides is 3. The van der Waals surface area contributed by atoms with E-state index < -0.39 is 23.0 Å². The van der Waals surface area contributed by atoms with Crippen molar-refractivity contribution in [3.8, 4) is 11.5 Å². The fourth-order valence-electron chi connectivity index (χ4n) is 3.37. The van der Waals surface area contributed by atoms with E-state index in [-0.39, 0.29) is 30.1 Å². The summed E-state index contributed by atoms with van der Waals surface area (Å²) in [5, 5.41) is 7.94. The van der Waals surface area contributed by atoms with Crippen LogP contribution >= 0.6 is 0 Å². The van der Waals surface area contributed by atoms with Crippen LogP contribution in [0.2, 0.25) is 0 Å². The summed E-state index contributed by atoms with van der Waals surface area (Å²) < 4.78 is 42.6. The molecule has 0 aliphatic heterocycles. The number of hydrogen-bond donors (Lipinski definition) is 1. The molecule has 1 aromatic carbocycles. The van der Waals surface area contributed by atoms with Gasteiger partial charge < -0.3 is 4.98 Å². The standard InChI is InChI=1S/C19H18F3N7O2/c1-3-28-16-14(17(30)29(4-2)18(28)31)23-15(24-16)13-10-27(26-25-13)9-11-6-5-7-12(8-11)19(20,21)22/h5-8,10H,3-4,9H2,1-2H3,(H,23,24). The highest BCUT2D eigenvalue weighted by Gasteiger charge is 2.30. The maximum absolute atomic E-state index is 12.9. The molecule has 4 aromatic rings. The molecule has 0 atom stereocenters. The van der Waals surface area contributed by atoms with Crippen LogP contribution in [-0.2, 0) is 25.8 Å². The summed E-state index contributed by atoms with van der Waals surface area (Å²) in [6, 6.07) is 4.94. The number of H-pyrrole nitrogens is 1. The van der Waals surface area contributed by atoms with E-state index in [1.807, 2.05) is 0 Å². The minimum Gasteiger partial charge on any atom is -0.331 e. The maximum atomic E-state index is 12.9. The molecule has 31 heavy (non-hydrogen) atoms. The minimum atomic E-state index is -4.43. The summed E-state index contributed by atoms with van der Waals surface area (Å²) >= 11 is 0. The van der Waals surface area contributed by atoms with E-state index in [1.54, 1.807) is 19.9 Å².